The molecule has 3 aromatic carbocycles. The number of para-hydroxylation sites is 2. The van der Waals surface area contributed by atoms with E-state index in [1.165, 1.54) is 12.1 Å². The third kappa shape index (κ3) is 3.43. The third-order valence-corrected chi connectivity index (χ3v) is 4.81. The summed E-state index contributed by atoms with van der Waals surface area (Å²) in [5.41, 5.74) is 0.886. The van der Waals surface area contributed by atoms with Crippen LogP contribution in [0.1, 0.15) is 0 Å². The molecule has 0 aliphatic carbocycles. The number of non-ortho nitro benzene ring substituents is 1. The lowest BCUT2D eigenvalue weighted by Gasteiger charge is -2.14. The van der Waals surface area contributed by atoms with Crippen LogP contribution < -0.4 is 10.2 Å². The Kier molecular flexibility index (Phi) is 4.74. The normalized spacial score (nSPS) is 10.9. The molecule has 0 aliphatic heterocycles. The van der Waals surface area contributed by atoms with Crippen LogP contribution in [0.2, 0.25) is 5.02 Å². The van der Waals surface area contributed by atoms with Gasteiger partial charge in [-0.1, -0.05) is 35.9 Å². The van der Waals surface area contributed by atoms with Crippen LogP contribution in [-0.2, 0) is 11.3 Å². The van der Waals surface area contributed by atoms with Gasteiger partial charge in [-0.05, 0) is 30.3 Å². The number of esters is 1. The molecule has 4 aromatic rings. The minimum atomic E-state index is -0.625. The molecule has 1 heterocycles. The fraction of sp³-hybridized carbons (Fsp3) is 0.0476. The number of ether oxygens (including phenoxy) is 1. The Morgan fingerprint density at radius 3 is 2.14 bits per heavy atom. The number of nitro groups is 1. The first-order chi connectivity index (χ1) is 14.0. The Morgan fingerprint density at radius 1 is 1.00 bits per heavy atom. The van der Waals surface area contributed by atoms with Gasteiger partial charge in [-0.3, -0.25) is 14.9 Å². The first-order valence-corrected chi connectivity index (χ1v) is 8.98. The topological polar surface area (TPSA) is 91.4 Å². The largest absolute Gasteiger partial charge is 0.424 e. The molecule has 0 saturated carbocycles. The maximum atomic E-state index is 12.7. The Balaban J connectivity index is 1.74. The predicted octanol–water partition coefficient (Wildman–Crippen LogP) is 4.32. The van der Waals surface area contributed by atoms with Crippen LogP contribution in [0.3, 0.4) is 0 Å². The number of pyridine rings is 1. The first-order valence-electron chi connectivity index (χ1n) is 8.60. The molecule has 0 radical (unpaired) electrons. The summed E-state index contributed by atoms with van der Waals surface area (Å²) in [6.07, 6.45) is 0. The van der Waals surface area contributed by atoms with E-state index in [4.69, 9.17) is 16.3 Å². The summed E-state index contributed by atoms with van der Waals surface area (Å²) in [6, 6.07) is 17.6. The van der Waals surface area contributed by atoms with Gasteiger partial charge in [0.2, 0.25) is 0 Å². The van der Waals surface area contributed by atoms with Gasteiger partial charge in [0.05, 0.1) is 21.0 Å². The van der Waals surface area contributed by atoms with Crippen molar-refractivity contribution in [2.45, 2.75) is 6.54 Å². The van der Waals surface area contributed by atoms with Crippen molar-refractivity contribution in [1.82, 2.24) is 4.57 Å². The zero-order valence-electron chi connectivity index (χ0n) is 14.9. The van der Waals surface area contributed by atoms with Gasteiger partial charge in [-0.2, -0.15) is 0 Å². The standard InChI is InChI=1S/C21H13ClN2O5/c22-16-11-13(24(27)28)9-10-19(16)29-20(25)12-23-17-7-3-1-5-14(17)21(26)15-6-2-4-8-18(15)23/h1-11H,12H2. The molecule has 7 nitrogen and oxygen atoms in total. The zero-order chi connectivity index (χ0) is 20.5. The van der Waals surface area contributed by atoms with Crippen LogP contribution in [0, 0.1) is 10.1 Å². The molecule has 144 valence electrons. The van der Waals surface area contributed by atoms with Gasteiger partial charge in [0.15, 0.2) is 5.43 Å². The Labute approximate surface area is 168 Å². The van der Waals surface area contributed by atoms with E-state index in [-0.39, 0.29) is 28.4 Å². The van der Waals surface area contributed by atoms with Crippen molar-refractivity contribution in [3.8, 4) is 5.75 Å². The summed E-state index contributed by atoms with van der Waals surface area (Å²) in [5, 5.41) is 11.8. The fourth-order valence-corrected chi connectivity index (χ4v) is 3.43. The Hall–Kier alpha value is -3.71. The highest BCUT2D eigenvalue weighted by molar-refractivity contribution is 6.32. The molecule has 0 saturated heterocycles. The van der Waals surface area contributed by atoms with Crippen molar-refractivity contribution in [2.24, 2.45) is 0 Å². The van der Waals surface area contributed by atoms with Gasteiger partial charge in [0.25, 0.3) is 5.69 Å². The van der Waals surface area contributed by atoms with Gasteiger partial charge in [-0.15, -0.1) is 0 Å². The second kappa shape index (κ2) is 7.37. The quantitative estimate of drug-likeness (QED) is 0.165. The maximum absolute atomic E-state index is 12.7. The lowest BCUT2D eigenvalue weighted by Crippen LogP contribution is -2.20. The Morgan fingerprint density at radius 2 is 1.59 bits per heavy atom. The third-order valence-electron chi connectivity index (χ3n) is 4.52. The van der Waals surface area contributed by atoms with E-state index in [0.29, 0.717) is 21.8 Å². The van der Waals surface area contributed by atoms with E-state index in [2.05, 4.69) is 0 Å². The van der Waals surface area contributed by atoms with E-state index in [0.717, 1.165) is 6.07 Å². The number of nitro benzene ring substituents is 1. The van der Waals surface area contributed by atoms with Crippen LogP contribution in [0.5, 0.6) is 5.75 Å². The number of rotatable bonds is 4. The molecule has 0 spiro atoms. The number of nitrogens with zero attached hydrogens (tertiary/aromatic N) is 2. The summed E-state index contributed by atoms with van der Waals surface area (Å²) in [5.74, 6) is -0.600. The van der Waals surface area contributed by atoms with Crippen molar-refractivity contribution < 1.29 is 14.5 Å². The van der Waals surface area contributed by atoms with Crippen molar-refractivity contribution in [3.63, 3.8) is 0 Å². The SMILES string of the molecule is O=C(Cn1c2ccccc2c(=O)c2ccccc21)Oc1ccc([N+](=O)[O-])cc1Cl. The molecule has 4 rings (SSSR count). The highest BCUT2D eigenvalue weighted by Crippen LogP contribution is 2.29. The highest BCUT2D eigenvalue weighted by atomic mass is 35.5. The van der Waals surface area contributed by atoms with Gasteiger partial charge >= 0.3 is 5.97 Å². The number of carbonyl (C=O) groups is 1. The molecule has 0 amide bonds. The van der Waals surface area contributed by atoms with Crippen LogP contribution in [0.25, 0.3) is 21.8 Å². The summed E-state index contributed by atoms with van der Waals surface area (Å²) in [7, 11) is 0. The number of aromatic nitrogens is 1. The van der Waals surface area contributed by atoms with Crippen molar-refractivity contribution >= 4 is 45.1 Å². The van der Waals surface area contributed by atoms with Crippen LogP contribution in [0.4, 0.5) is 5.69 Å². The van der Waals surface area contributed by atoms with Crippen molar-refractivity contribution in [1.29, 1.82) is 0 Å². The number of fused-ring (bicyclic) bond motifs is 2. The zero-order valence-corrected chi connectivity index (χ0v) is 15.6. The molecule has 0 fully saturated rings. The van der Waals surface area contributed by atoms with Crippen LogP contribution >= 0.6 is 11.6 Å². The van der Waals surface area contributed by atoms with E-state index in [9.17, 15) is 19.7 Å². The lowest BCUT2D eigenvalue weighted by atomic mass is 10.1. The monoisotopic (exact) mass is 408 g/mol. The number of benzene rings is 3. The second-order valence-corrected chi connectivity index (χ2v) is 6.70. The predicted molar refractivity (Wildman–Crippen MR) is 109 cm³/mol. The smallest absolute Gasteiger partial charge is 0.331 e. The minimum Gasteiger partial charge on any atom is -0.424 e. The molecule has 0 atom stereocenters. The molecule has 29 heavy (non-hydrogen) atoms. The molecule has 8 heteroatoms. The number of halogens is 1. The van der Waals surface area contributed by atoms with Gasteiger partial charge in [0, 0.05) is 22.9 Å². The van der Waals surface area contributed by atoms with Crippen molar-refractivity contribution in [2.75, 3.05) is 0 Å². The molecule has 0 N–H and O–H groups in total. The minimum absolute atomic E-state index is 0.0249. The average Bonchev–Trinajstić information content (AvgIpc) is 2.72. The number of hydrogen-bond acceptors (Lipinski definition) is 5. The molecule has 0 unspecified atom stereocenters. The molecular weight excluding hydrogens is 396 g/mol. The molecule has 1 aromatic heterocycles. The first kappa shape index (κ1) is 18.6. The maximum Gasteiger partial charge on any atom is 0.331 e. The van der Waals surface area contributed by atoms with E-state index < -0.39 is 10.9 Å². The lowest BCUT2D eigenvalue weighted by molar-refractivity contribution is -0.384. The summed E-state index contributed by atoms with van der Waals surface area (Å²) in [6.45, 7) is -0.172. The van der Waals surface area contributed by atoms with Gasteiger partial charge in [0.1, 0.15) is 12.3 Å². The molecule has 0 bridgehead atoms. The van der Waals surface area contributed by atoms with E-state index in [1.54, 1.807) is 53.1 Å². The van der Waals surface area contributed by atoms with Crippen LogP contribution in [-0.4, -0.2) is 15.5 Å². The molecule has 0 aliphatic rings. The summed E-state index contributed by atoms with van der Waals surface area (Å²) < 4.78 is 7.02. The van der Waals surface area contributed by atoms with Gasteiger partial charge in [-0.25, -0.2) is 4.79 Å². The average molecular weight is 409 g/mol. The fourth-order valence-electron chi connectivity index (χ4n) is 3.22. The van der Waals surface area contributed by atoms with Crippen LogP contribution in [0.15, 0.2) is 71.5 Å². The molecular formula is C21H13ClN2O5. The van der Waals surface area contributed by atoms with Gasteiger partial charge < -0.3 is 9.30 Å². The number of hydrogen-bond donors (Lipinski definition) is 0. The van der Waals surface area contributed by atoms with Crippen molar-refractivity contribution in [3.05, 3.63) is 92.1 Å². The van der Waals surface area contributed by atoms with E-state index >= 15 is 0 Å². The summed E-state index contributed by atoms with van der Waals surface area (Å²) >= 11 is 6.00. The number of carbonyl (C=O) groups excluding carboxylic acids is 1. The summed E-state index contributed by atoms with van der Waals surface area (Å²) in [4.78, 5) is 35.6. The highest BCUT2D eigenvalue weighted by Gasteiger charge is 2.16. The Bertz CT molecular complexity index is 1290. The van der Waals surface area contributed by atoms with E-state index in [1.807, 2.05) is 0 Å². The second-order valence-electron chi connectivity index (χ2n) is 6.30.